The maximum atomic E-state index is 5.93. The monoisotopic (exact) mass is 334 g/mol. The Kier molecular flexibility index (Phi) is 6.03. The zero-order valence-corrected chi connectivity index (χ0v) is 16.0. The molecule has 4 unspecified atom stereocenters. The van der Waals surface area contributed by atoms with E-state index in [0.29, 0.717) is 12.2 Å². The summed E-state index contributed by atoms with van der Waals surface area (Å²) in [6.07, 6.45) is 6.15. The lowest BCUT2D eigenvalue weighted by Crippen LogP contribution is -2.52. The lowest BCUT2D eigenvalue weighted by molar-refractivity contribution is 0.127. The molecule has 0 aromatic rings. The Morgan fingerprint density at radius 1 is 0.952 bits per heavy atom. The number of epoxide rings is 1. The van der Waals surface area contributed by atoms with Crippen LogP contribution < -0.4 is 0 Å². The number of fused-ring (bicyclic) bond motifs is 1. The third kappa shape index (κ3) is 4.37. The molecule has 0 radical (unpaired) electrons. The van der Waals surface area contributed by atoms with Crippen LogP contribution in [0.1, 0.15) is 25.7 Å². The highest BCUT2D eigenvalue weighted by atomic mass is 28.4. The van der Waals surface area contributed by atoms with Crippen molar-refractivity contribution >= 4 is 17.1 Å². The zero-order chi connectivity index (χ0) is 15.5. The molecule has 0 aromatic heterocycles. The van der Waals surface area contributed by atoms with Crippen LogP contribution in [0.4, 0.5) is 0 Å². The van der Waals surface area contributed by atoms with Crippen molar-refractivity contribution in [2.45, 2.75) is 56.1 Å². The van der Waals surface area contributed by atoms with Gasteiger partial charge in [0, 0.05) is 34.1 Å². The van der Waals surface area contributed by atoms with Crippen molar-refractivity contribution in [3.05, 3.63) is 0 Å². The first-order chi connectivity index (χ1) is 9.99. The number of ether oxygens (including phenoxy) is 1. The Hall–Kier alpha value is 0.234. The van der Waals surface area contributed by atoms with Gasteiger partial charge < -0.3 is 22.4 Å². The summed E-state index contributed by atoms with van der Waals surface area (Å²) < 4.78 is 28.3. The molecule has 0 N–H and O–H groups in total. The van der Waals surface area contributed by atoms with E-state index in [1.54, 1.807) is 21.3 Å². The van der Waals surface area contributed by atoms with Gasteiger partial charge in [-0.15, -0.1) is 0 Å². The summed E-state index contributed by atoms with van der Waals surface area (Å²) in [5, 5.41) is 0. The van der Waals surface area contributed by atoms with Crippen molar-refractivity contribution in [1.82, 2.24) is 0 Å². The molecule has 0 aromatic carbocycles. The van der Waals surface area contributed by atoms with Gasteiger partial charge in [0.25, 0.3) is 0 Å². The lowest BCUT2D eigenvalue weighted by atomic mass is 9.88. The van der Waals surface area contributed by atoms with Gasteiger partial charge in [-0.1, -0.05) is 6.42 Å². The summed E-state index contributed by atoms with van der Waals surface area (Å²) in [7, 11) is 2.43. The van der Waals surface area contributed by atoms with Gasteiger partial charge in [-0.2, -0.15) is 0 Å². The van der Waals surface area contributed by atoms with Gasteiger partial charge in [-0.05, 0) is 37.8 Å². The molecular weight excluding hydrogens is 304 g/mol. The van der Waals surface area contributed by atoms with Crippen molar-refractivity contribution in [2.24, 2.45) is 5.92 Å². The van der Waals surface area contributed by atoms with Gasteiger partial charge in [0.2, 0.25) is 0 Å². The molecule has 0 spiro atoms. The highest BCUT2D eigenvalue weighted by molar-refractivity contribution is 6.86. The molecule has 1 saturated carbocycles. The molecule has 0 bridgehead atoms. The third-order valence-electron chi connectivity index (χ3n) is 5.21. The van der Waals surface area contributed by atoms with E-state index in [-0.39, 0.29) is 0 Å². The van der Waals surface area contributed by atoms with E-state index in [2.05, 4.69) is 6.55 Å². The Labute approximate surface area is 130 Å². The minimum absolute atomic E-state index is 0.560. The van der Waals surface area contributed by atoms with E-state index in [1.165, 1.54) is 25.7 Å². The first kappa shape index (κ1) is 17.6. The summed E-state index contributed by atoms with van der Waals surface area (Å²) in [5.74, 6) is 0.791. The third-order valence-corrected chi connectivity index (χ3v) is 14.1. The Morgan fingerprint density at radius 2 is 1.62 bits per heavy atom. The molecule has 4 atom stereocenters. The summed E-state index contributed by atoms with van der Waals surface area (Å²) in [5.41, 5.74) is 0.815. The summed E-state index contributed by atoms with van der Waals surface area (Å²) in [6.45, 7) is 2.27. The molecule has 2 rings (SSSR count). The van der Waals surface area contributed by atoms with E-state index < -0.39 is 17.1 Å². The molecule has 2 aliphatic rings. The van der Waals surface area contributed by atoms with Crippen LogP contribution in [0.15, 0.2) is 0 Å². The minimum atomic E-state index is -2.55. The Bertz CT molecular complexity index is 331. The highest BCUT2D eigenvalue weighted by Gasteiger charge is 2.48. The molecule has 0 amide bonds. The molecule has 124 valence electrons. The second-order valence-corrected chi connectivity index (χ2v) is 14.4. The fourth-order valence-electron chi connectivity index (χ4n) is 3.45. The van der Waals surface area contributed by atoms with Crippen LogP contribution >= 0.6 is 0 Å². The van der Waals surface area contributed by atoms with Gasteiger partial charge in [-0.3, -0.25) is 0 Å². The lowest BCUT2D eigenvalue weighted by Gasteiger charge is -2.34. The van der Waals surface area contributed by atoms with Crippen LogP contribution in [0.3, 0.4) is 0 Å². The van der Waals surface area contributed by atoms with Gasteiger partial charge in [-0.25, -0.2) is 0 Å². The van der Waals surface area contributed by atoms with Crippen LogP contribution in [0.2, 0.25) is 18.3 Å². The van der Waals surface area contributed by atoms with Gasteiger partial charge in [0.1, 0.15) is 0 Å². The molecule has 1 heterocycles. The molecule has 1 aliphatic carbocycles. The fraction of sp³-hybridized carbons (Fsp3) is 1.00. The van der Waals surface area contributed by atoms with E-state index in [1.807, 2.05) is 7.11 Å². The van der Waals surface area contributed by atoms with Crippen molar-refractivity contribution in [2.75, 3.05) is 28.4 Å². The molecule has 2 fully saturated rings. The number of rotatable bonds is 9. The van der Waals surface area contributed by atoms with E-state index >= 15 is 0 Å². The maximum Gasteiger partial charge on any atom is 0.499 e. The molecular formula is C14H30O5Si2. The van der Waals surface area contributed by atoms with Crippen LogP contribution in [0.25, 0.3) is 0 Å². The molecule has 21 heavy (non-hydrogen) atoms. The first-order valence-electron chi connectivity index (χ1n) is 7.86. The summed E-state index contributed by atoms with van der Waals surface area (Å²) in [6, 6.07) is 1.14. The largest absolute Gasteiger partial charge is 0.499 e. The van der Waals surface area contributed by atoms with Crippen LogP contribution in [-0.4, -0.2) is 57.8 Å². The number of hydrogen-bond donors (Lipinski definition) is 0. The van der Waals surface area contributed by atoms with Crippen molar-refractivity contribution in [3.63, 3.8) is 0 Å². The predicted molar refractivity (Wildman–Crippen MR) is 85.6 cm³/mol. The van der Waals surface area contributed by atoms with Crippen LogP contribution in [-0.2, 0) is 22.4 Å². The van der Waals surface area contributed by atoms with Crippen molar-refractivity contribution in [1.29, 1.82) is 0 Å². The van der Waals surface area contributed by atoms with Crippen LogP contribution in [0.5, 0.6) is 0 Å². The topological polar surface area (TPSA) is 49.5 Å². The Morgan fingerprint density at radius 3 is 2.14 bits per heavy atom. The quantitative estimate of drug-likeness (QED) is 0.479. The zero-order valence-electron chi connectivity index (χ0n) is 14.0. The molecule has 1 aliphatic heterocycles. The maximum absolute atomic E-state index is 5.93. The minimum Gasteiger partial charge on any atom is -0.420 e. The smallest absolute Gasteiger partial charge is 0.420 e. The second-order valence-electron chi connectivity index (χ2n) is 6.56. The average Bonchev–Trinajstić information content (AvgIpc) is 3.29. The average molecular weight is 335 g/mol. The van der Waals surface area contributed by atoms with E-state index in [4.69, 9.17) is 22.4 Å². The van der Waals surface area contributed by atoms with Crippen molar-refractivity contribution in [3.8, 4) is 0 Å². The summed E-state index contributed by atoms with van der Waals surface area (Å²) >= 11 is 0. The molecule has 7 heteroatoms. The van der Waals surface area contributed by atoms with Crippen LogP contribution in [0, 0.1) is 5.92 Å². The SMILES string of the molecule is CO[Si](C)(CCC1CCC2OC2C1)C[Si](OC)(OC)OC. The molecule has 5 nitrogen and oxygen atoms in total. The van der Waals surface area contributed by atoms with E-state index in [0.717, 1.165) is 17.6 Å². The fourth-order valence-corrected chi connectivity index (χ4v) is 11.8. The second kappa shape index (κ2) is 7.20. The standard InChI is InChI=1S/C14H30O5Si2/c1-15-20(5,11-21(16-2,17-3)18-4)9-8-12-6-7-13-14(10-12)19-13/h12-14H,6-11H2,1-5H3. The predicted octanol–water partition coefficient (Wildman–Crippen LogP) is 2.58. The first-order valence-corrected chi connectivity index (χ1v) is 12.6. The Balaban J connectivity index is 1.86. The summed E-state index contributed by atoms with van der Waals surface area (Å²) in [4.78, 5) is 0. The molecule has 1 saturated heterocycles. The number of hydrogen-bond acceptors (Lipinski definition) is 5. The van der Waals surface area contributed by atoms with Crippen molar-refractivity contribution < 1.29 is 22.4 Å². The normalized spacial score (nSPS) is 31.6. The van der Waals surface area contributed by atoms with Gasteiger partial charge in [0.05, 0.1) is 12.2 Å². The van der Waals surface area contributed by atoms with Gasteiger partial charge in [0.15, 0.2) is 8.32 Å². The highest BCUT2D eigenvalue weighted by Crippen LogP contribution is 2.42. The van der Waals surface area contributed by atoms with Gasteiger partial charge >= 0.3 is 8.80 Å². The van der Waals surface area contributed by atoms with E-state index in [9.17, 15) is 0 Å².